The molecule has 5 nitrogen and oxygen atoms in total. The molecule has 0 aromatic carbocycles. The van der Waals surface area contributed by atoms with Crippen molar-refractivity contribution in [1.29, 1.82) is 0 Å². The predicted molar refractivity (Wildman–Crippen MR) is 64.4 cm³/mol. The maximum Gasteiger partial charge on any atom is 0.241 e. The third-order valence-corrected chi connectivity index (χ3v) is 3.71. The molecule has 2 aliphatic heterocycles. The van der Waals surface area contributed by atoms with Crippen LogP contribution in [0, 0.1) is 5.92 Å². The number of nitrogens with one attached hydrogen (secondary N) is 2. The molecule has 2 saturated heterocycles. The first kappa shape index (κ1) is 12.4. The topological polar surface area (TPSA) is 61.4 Å². The van der Waals surface area contributed by atoms with Crippen LogP contribution in [0.15, 0.2) is 0 Å². The van der Waals surface area contributed by atoms with E-state index in [0.717, 1.165) is 13.0 Å². The van der Waals surface area contributed by atoms with Crippen LogP contribution in [0.3, 0.4) is 0 Å². The molecule has 0 bridgehead atoms. The number of carbonyl (C=O) groups excluding carboxylic acids is 2. The molecule has 2 aliphatic rings. The van der Waals surface area contributed by atoms with Crippen LogP contribution in [0.1, 0.15) is 26.7 Å². The van der Waals surface area contributed by atoms with E-state index in [1.807, 2.05) is 4.90 Å². The average Bonchev–Trinajstić information content (AvgIpc) is 2.32. The van der Waals surface area contributed by atoms with Gasteiger partial charge in [0.2, 0.25) is 11.8 Å². The average molecular weight is 239 g/mol. The van der Waals surface area contributed by atoms with E-state index in [1.165, 1.54) is 6.42 Å². The maximum absolute atomic E-state index is 12.3. The number of carbonyl (C=O) groups is 2. The molecule has 3 atom stereocenters. The largest absolute Gasteiger partial charge is 0.353 e. The standard InChI is InChI=1S/C12H21N3O2/c1-8-3-4-9(2)15(7-8)12(17)10-5-14-11(16)6-13-10/h8-10,13H,3-7H2,1-2H3,(H,14,16). The fourth-order valence-corrected chi connectivity index (χ4v) is 2.54. The van der Waals surface area contributed by atoms with E-state index in [1.54, 1.807) is 0 Å². The Hall–Kier alpha value is -1.10. The van der Waals surface area contributed by atoms with E-state index in [2.05, 4.69) is 24.5 Å². The lowest BCUT2D eigenvalue weighted by Gasteiger charge is -2.39. The normalized spacial score (nSPS) is 34.4. The SMILES string of the molecule is CC1CCC(C)N(C(=O)C2CNC(=O)CN2)C1. The zero-order valence-electron chi connectivity index (χ0n) is 10.5. The Bertz CT molecular complexity index is 309. The molecule has 5 heteroatoms. The smallest absolute Gasteiger partial charge is 0.241 e. The number of likely N-dealkylation sites (tertiary alicyclic amines) is 1. The van der Waals surface area contributed by atoms with Crippen molar-refractivity contribution >= 4 is 11.8 Å². The van der Waals surface area contributed by atoms with Crippen molar-refractivity contribution in [2.45, 2.75) is 38.8 Å². The molecule has 0 saturated carbocycles. The second-order valence-electron chi connectivity index (χ2n) is 5.26. The Morgan fingerprint density at radius 2 is 2.12 bits per heavy atom. The molecular formula is C12H21N3O2. The first-order valence-corrected chi connectivity index (χ1v) is 6.38. The van der Waals surface area contributed by atoms with Crippen molar-refractivity contribution < 1.29 is 9.59 Å². The molecule has 3 unspecified atom stereocenters. The van der Waals surface area contributed by atoms with Gasteiger partial charge in [0.25, 0.3) is 0 Å². The Labute approximate surface area is 102 Å². The fraction of sp³-hybridized carbons (Fsp3) is 0.833. The number of piperazine rings is 1. The van der Waals surface area contributed by atoms with Crippen LogP contribution >= 0.6 is 0 Å². The zero-order valence-corrected chi connectivity index (χ0v) is 10.5. The van der Waals surface area contributed by atoms with Gasteiger partial charge in [0, 0.05) is 19.1 Å². The number of rotatable bonds is 1. The molecule has 0 aliphatic carbocycles. The number of hydrogen-bond acceptors (Lipinski definition) is 3. The highest BCUT2D eigenvalue weighted by atomic mass is 16.2. The Kier molecular flexibility index (Phi) is 3.66. The van der Waals surface area contributed by atoms with Gasteiger partial charge >= 0.3 is 0 Å². The van der Waals surface area contributed by atoms with Crippen molar-refractivity contribution in [3.8, 4) is 0 Å². The predicted octanol–water partition coefficient (Wildman–Crippen LogP) is -0.279. The fourth-order valence-electron chi connectivity index (χ4n) is 2.54. The number of amides is 2. The van der Waals surface area contributed by atoms with Gasteiger partial charge in [-0.3, -0.25) is 14.9 Å². The maximum atomic E-state index is 12.3. The lowest BCUT2D eigenvalue weighted by atomic mass is 9.94. The van der Waals surface area contributed by atoms with E-state index in [4.69, 9.17) is 0 Å². The summed E-state index contributed by atoms with van der Waals surface area (Å²) in [6.07, 6.45) is 2.27. The van der Waals surface area contributed by atoms with Crippen LogP contribution < -0.4 is 10.6 Å². The second kappa shape index (κ2) is 5.04. The van der Waals surface area contributed by atoms with Crippen LogP contribution in [0.2, 0.25) is 0 Å². The number of hydrogen-bond donors (Lipinski definition) is 2. The van der Waals surface area contributed by atoms with Crippen LogP contribution in [0.5, 0.6) is 0 Å². The second-order valence-corrected chi connectivity index (χ2v) is 5.26. The molecule has 0 spiro atoms. The van der Waals surface area contributed by atoms with Gasteiger partial charge in [-0.05, 0) is 25.7 Å². The third kappa shape index (κ3) is 2.77. The summed E-state index contributed by atoms with van der Waals surface area (Å²) in [7, 11) is 0. The highest BCUT2D eigenvalue weighted by Crippen LogP contribution is 2.22. The van der Waals surface area contributed by atoms with Gasteiger partial charge in [-0.25, -0.2) is 0 Å². The summed E-state index contributed by atoms with van der Waals surface area (Å²) in [5.74, 6) is 0.673. The first-order chi connectivity index (χ1) is 8.08. The summed E-state index contributed by atoms with van der Waals surface area (Å²) in [6.45, 7) is 5.78. The summed E-state index contributed by atoms with van der Waals surface area (Å²) < 4.78 is 0. The Morgan fingerprint density at radius 3 is 2.76 bits per heavy atom. The van der Waals surface area contributed by atoms with Gasteiger partial charge in [-0.2, -0.15) is 0 Å². The molecule has 2 N–H and O–H groups in total. The minimum atomic E-state index is -0.250. The van der Waals surface area contributed by atoms with Crippen LogP contribution in [-0.2, 0) is 9.59 Å². The molecular weight excluding hydrogens is 218 g/mol. The van der Waals surface area contributed by atoms with Gasteiger partial charge in [0.1, 0.15) is 6.04 Å². The lowest BCUT2D eigenvalue weighted by Crippen LogP contribution is -2.60. The molecule has 96 valence electrons. The summed E-state index contributed by atoms with van der Waals surface area (Å²) in [5.41, 5.74) is 0. The summed E-state index contributed by atoms with van der Waals surface area (Å²) in [5, 5.41) is 5.73. The van der Waals surface area contributed by atoms with Crippen LogP contribution in [-0.4, -0.2) is 48.4 Å². The van der Waals surface area contributed by atoms with Gasteiger partial charge in [-0.1, -0.05) is 6.92 Å². The van der Waals surface area contributed by atoms with Crippen molar-refractivity contribution in [2.24, 2.45) is 5.92 Å². The highest BCUT2D eigenvalue weighted by Gasteiger charge is 2.33. The molecule has 0 radical (unpaired) electrons. The van der Waals surface area contributed by atoms with E-state index < -0.39 is 0 Å². The van der Waals surface area contributed by atoms with E-state index >= 15 is 0 Å². The van der Waals surface area contributed by atoms with Gasteiger partial charge < -0.3 is 10.2 Å². The molecule has 2 heterocycles. The quantitative estimate of drug-likeness (QED) is 0.661. The molecule has 2 rings (SSSR count). The minimum Gasteiger partial charge on any atom is -0.353 e. The highest BCUT2D eigenvalue weighted by molar-refractivity contribution is 5.87. The van der Waals surface area contributed by atoms with Crippen molar-refractivity contribution in [2.75, 3.05) is 19.6 Å². The van der Waals surface area contributed by atoms with Gasteiger partial charge in [0.15, 0.2) is 0 Å². The minimum absolute atomic E-state index is 0.0332. The van der Waals surface area contributed by atoms with Crippen LogP contribution in [0.25, 0.3) is 0 Å². The van der Waals surface area contributed by atoms with Crippen molar-refractivity contribution in [1.82, 2.24) is 15.5 Å². The number of nitrogens with zero attached hydrogens (tertiary/aromatic N) is 1. The molecule has 17 heavy (non-hydrogen) atoms. The first-order valence-electron chi connectivity index (χ1n) is 6.38. The summed E-state index contributed by atoms with van der Waals surface area (Å²) in [6, 6.07) is 0.0681. The molecule has 2 fully saturated rings. The Balaban J connectivity index is 1.96. The zero-order chi connectivity index (χ0) is 12.4. The van der Waals surface area contributed by atoms with E-state index in [0.29, 0.717) is 18.5 Å². The molecule has 2 amide bonds. The van der Waals surface area contributed by atoms with E-state index in [-0.39, 0.29) is 24.4 Å². The van der Waals surface area contributed by atoms with Gasteiger partial charge in [-0.15, -0.1) is 0 Å². The number of piperidine rings is 1. The Morgan fingerprint density at radius 1 is 1.35 bits per heavy atom. The molecule has 0 aromatic rings. The van der Waals surface area contributed by atoms with Crippen molar-refractivity contribution in [3.05, 3.63) is 0 Å². The summed E-state index contributed by atoms with van der Waals surface area (Å²) >= 11 is 0. The van der Waals surface area contributed by atoms with Crippen molar-refractivity contribution in [3.63, 3.8) is 0 Å². The lowest BCUT2D eigenvalue weighted by molar-refractivity contribution is -0.138. The molecule has 0 aromatic heterocycles. The van der Waals surface area contributed by atoms with Crippen LogP contribution in [0.4, 0.5) is 0 Å². The monoisotopic (exact) mass is 239 g/mol. The van der Waals surface area contributed by atoms with E-state index in [9.17, 15) is 9.59 Å². The summed E-state index contributed by atoms with van der Waals surface area (Å²) in [4.78, 5) is 25.3. The van der Waals surface area contributed by atoms with Gasteiger partial charge in [0.05, 0.1) is 6.54 Å². The third-order valence-electron chi connectivity index (χ3n) is 3.71.